The summed E-state index contributed by atoms with van der Waals surface area (Å²) in [5.74, 6) is 0.903. The summed E-state index contributed by atoms with van der Waals surface area (Å²) in [4.78, 5) is 0. The Morgan fingerprint density at radius 1 is 1.64 bits per heavy atom. The third-order valence-corrected chi connectivity index (χ3v) is 3.59. The molecule has 1 fully saturated rings. The van der Waals surface area contributed by atoms with Crippen molar-refractivity contribution in [2.45, 2.75) is 52.5 Å². The van der Waals surface area contributed by atoms with Crippen LogP contribution in [0.2, 0.25) is 0 Å². The summed E-state index contributed by atoms with van der Waals surface area (Å²) in [5, 5.41) is 0. The van der Waals surface area contributed by atoms with Gasteiger partial charge in [0.2, 0.25) is 0 Å². The van der Waals surface area contributed by atoms with Gasteiger partial charge in [0.25, 0.3) is 0 Å². The zero-order valence-electron chi connectivity index (χ0n) is 8.06. The Balaban J connectivity index is 2.35. The number of nitrogens with two attached hydrogens (primary N) is 1. The SMILES string of the molecule is CCC(N)CC1(C)CCC1C. The van der Waals surface area contributed by atoms with E-state index in [1.807, 2.05) is 0 Å². The third-order valence-electron chi connectivity index (χ3n) is 3.59. The highest BCUT2D eigenvalue weighted by Crippen LogP contribution is 2.49. The first-order valence-electron chi connectivity index (χ1n) is 4.84. The summed E-state index contributed by atoms with van der Waals surface area (Å²) in [7, 11) is 0. The molecule has 0 aliphatic heterocycles. The van der Waals surface area contributed by atoms with Gasteiger partial charge < -0.3 is 5.73 Å². The second-order valence-corrected chi connectivity index (χ2v) is 4.47. The van der Waals surface area contributed by atoms with Crippen molar-refractivity contribution < 1.29 is 0 Å². The average Bonchev–Trinajstić information content (AvgIpc) is 2.01. The lowest BCUT2D eigenvalue weighted by molar-refractivity contribution is 0.0471. The molecule has 1 saturated carbocycles. The molecule has 3 atom stereocenters. The van der Waals surface area contributed by atoms with Crippen LogP contribution in [0.4, 0.5) is 0 Å². The van der Waals surface area contributed by atoms with Gasteiger partial charge in [0.15, 0.2) is 0 Å². The summed E-state index contributed by atoms with van der Waals surface area (Å²) in [6, 6.07) is 0.433. The van der Waals surface area contributed by atoms with E-state index in [-0.39, 0.29) is 0 Å². The van der Waals surface area contributed by atoms with Crippen LogP contribution in [0.3, 0.4) is 0 Å². The average molecular weight is 155 g/mol. The van der Waals surface area contributed by atoms with Gasteiger partial charge in [0.05, 0.1) is 0 Å². The zero-order chi connectivity index (χ0) is 8.48. The number of hydrogen-bond donors (Lipinski definition) is 1. The van der Waals surface area contributed by atoms with Gasteiger partial charge in [-0.3, -0.25) is 0 Å². The Kier molecular flexibility index (Phi) is 2.58. The molecule has 1 nitrogen and oxygen atoms in total. The quantitative estimate of drug-likeness (QED) is 0.666. The van der Waals surface area contributed by atoms with Crippen LogP contribution >= 0.6 is 0 Å². The zero-order valence-corrected chi connectivity index (χ0v) is 8.06. The lowest BCUT2D eigenvalue weighted by Crippen LogP contribution is -2.40. The predicted octanol–water partition coefficient (Wildman–Crippen LogP) is 2.55. The van der Waals surface area contributed by atoms with Crippen molar-refractivity contribution in [1.82, 2.24) is 0 Å². The molecule has 0 saturated heterocycles. The molecular weight excluding hydrogens is 134 g/mol. The fourth-order valence-corrected chi connectivity index (χ4v) is 1.97. The molecule has 0 radical (unpaired) electrons. The highest BCUT2D eigenvalue weighted by Gasteiger charge is 2.39. The topological polar surface area (TPSA) is 26.0 Å². The van der Waals surface area contributed by atoms with Crippen LogP contribution in [-0.4, -0.2) is 6.04 Å². The molecule has 0 aromatic rings. The van der Waals surface area contributed by atoms with E-state index >= 15 is 0 Å². The van der Waals surface area contributed by atoms with Crippen LogP contribution in [0.25, 0.3) is 0 Å². The van der Waals surface area contributed by atoms with Gasteiger partial charge in [-0.15, -0.1) is 0 Å². The lowest BCUT2D eigenvalue weighted by atomic mass is 9.59. The van der Waals surface area contributed by atoms with Crippen molar-refractivity contribution in [1.29, 1.82) is 0 Å². The molecule has 66 valence electrons. The highest BCUT2D eigenvalue weighted by atomic mass is 14.6. The highest BCUT2D eigenvalue weighted by molar-refractivity contribution is 4.91. The minimum absolute atomic E-state index is 0.433. The normalized spacial score (nSPS) is 39.8. The minimum atomic E-state index is 0.433. The van der Waals surface area contributed by atoms with Crippen molar-refractivity contribution in [2.75, 3.05) is 0 Å². The van der Waals surface area contributed by atoms with Gasteiger partial charge in [-0.05, 0) is 37.0 Å². The summed E-state index contributed by atoms with van der Waals surface area (Å²) < 4.78 is 0. The van der Waals surface area contributed by atoms with Crippen LogP contribution in [-0.2, 0) is 0 Å². The molecule has 0 heterocycles. The Labute approximate surface area is 70.4 Å². The van der Waals surface area contributed by atoms with Gasteiger partial charge in [0, 0.05) is 6.04 Å². The van der Waals surface area contributed by atoms with Crippen molar-refractivity contribution in [3.8, 4) is 0 Å². The Bertz CT molecular complexity index is 133. The third kappa shape index (κ3) is 1.76. The van der Waals surface area contributed by atoms with Gasteiger partial charge in [-0.1, -0.05) is 20.8 Å². The fraction of sp³-hybridized carbons (Fsp3) is 1.00. The Hall–Kier alpha value is -0.0400. The van der Waals surface area contributed by atoms with E-state index < -0.39 is 0 Å². The molecular formula is C10H21N. The van der Waals surface area contributed by atoms with E-state index in [4.69, 9.17) is 5.73 Å². The molecule has 1 rings (SSSR count). The Morgan fingerprint density at radius 3 is 2.55 bits per heavy atom. The molecule has 0 spiro atoms. The predicted molar refractivity (Wildman–Crippen MR) is 49.4 cm³/mol. The van der Waals surface area contributed by atoms with E-state index in [2.05, 4.69) is 20.8 Å². The first-order chi connectivity index (χ1) is 5.08. The van der Waals surface area contributed by atoms with Crippen molar-refractivity contribution in [2.24, 2.45) is 17.1 Å². The van der Waals surface area contributed by atoms with Gasteiger partial charge in [0.1, 0.15) is 0 Å². The number of rotatable bonds is 3. The Morgan fingerprint density at radius 2 is 2.27 bits per heavy atom. The van der Waals surface area contributed by atoms with Gasteiger partial charge in [-0.25, -0.2) is 0 Å². The molecule has 2 N–H and O–H groups in total. The van der Waals surface area contributed by atoms with Crippen LogP contribution in [0, 0.1) is 11.3 Å². The van der Waals surface area contributed by atoms with E-state index in [0.717, 1.165) is 12.3 Å². The summed E-state index contributed by atoms with van der Waals surface area (Å²) in [5.41, 5.74) is 6.51. The minimum Gasteiger partial charge on any atom is -0.328 e. The van der Waals surface area contributed by atoms with Crippen LogP contribution in [0.1, 0.15) is 46.5 Å². The van der Waals surface area contributed by atoms with E-state index in [0.29, 0.717) is 11.5 Å². The molecule has 11 heavy (non-hydrogen) atoms. The smallest absolute Gasteiger partial charge is 0.00414 e. The first-order valence-corrected chi connectivity index (χ1v) is 4.84. The monoisotopic (exact) mass is 155 g/mol. The second kappa shape index (κ2) is 3.14. The molecule has 0 amide bonds. The molecule has 1 heteroatoms. The summed E-state index contributed by atoms with van der Waals surface area (Å²) >= 11 is 0. The summed E-state index contributed by atoms with van der Waals surface area (Å²) in [6.45, 7) is 6.92. The van der Waals surface area contributed by atoms with Crippen molar-refractivity contribution in [3.63, 3.8) is 0 Å². The van der Waals surface area contributed by atoms with Gasteiger partial charge in [-0.2, -0.15) is 0 Å². The van der Waals surface area contributed by atoms with Crippen LogP contribution < -0.4 is 5.73 Å². The molecule has 1 aliphatic rings. The van der Waals surface area contributed by atoms with Crippen molar-refractivity contribution >= 4 is 0 Å². The summed E-state index contributed by atoms with van der Waals surface area (Å²) in [6.07, 6.45) is 5.15. The maximum absolute atomic E-state index is 5.93. The van der Waals surface area contributed by atoms with Gasteiger partial charge >= 0.3 is 0 Å². The van der Waals surface area contributed by atoms with Crippen LogP contribution in [0.15, 0.2) is 0 Å². The van der Waals surface area contributed by atoms with E-state index in [9.17, 15) is 0 Å². The standard InChI is InChI=1S/C10H21N/c1-4-9(11)7-10(3)6-5-8(10)2/h8-9H,4-7,11H2,1-3H3. The molecule has 1 aliphatic carbocycles. The fourth-order valence-electron chi connectivity index (χ4n) is 1.97. The lowest BCUT2D eigenvalue weighted by Gasteiger charge is -2.47. The maximum Gasteiger partial charge on any atom is 0.00414 e. The van der Waals surface area contributed by atoms with Crippen molar-refractivity contribution in [3.05, 3.63) is 0 Å². The first kappa shape index (κ1) is 9.05. The van der Waals surface area contributed by atoms with E-state index in [1.54, 1.807) is 0 Å². The molecule has 3 unspecified atom stereocenters. The van der Waals surface area contributed by atoms with E-state index in [1.165, 1.54) is 19.3 Å². The molecule has 0 bridgehead atoms. The number of hydrogen-bond acceptors (Lipinski definition) is 1. The maximum atomic E-state index is 5.93. The largest absolute Gasteiger partial charge is 0.328 e. The molecule has 0 aromatic carbocycles. The van der Waals surface area contributed by atoms with Crippen LogP contribution in [0.5, 0.6) is 0 Å². The molecule has 0 aromatic heterocycles. The second-order valence-electron chi connectivity index (χ2n) is 4.47.